The molecule has 1 aromatic heterocycles. The lowest BCUT2D eigenvalue weighted by atomic mass is 9.86. The number of carbonyl (C=O) groups excluding carboxylic acids is 1. The van der Waals surface area contributed by atoms with Gasteiger partial charge in [0.1, 0.15) is 5.15 Å². The molecule has 2 fully saturated rings. The van der Waals surface area contributed by atoms with E-state index >= 15 is 0 Å². The van der Waals surface area contributed by atoms with E-state index in [1.807, 2.05) is 0 Å². The van der Waals surface area contributed by atoms with Gasteiger partial charge in [0.15, 0.2) is 0 Å². The summed E-state index contributed by atoms with van der Waals surface area (Å²) in [4.78, 5) is 20.1. The smallest absolute Gasteiger partial charge is 0.234 e. The van der Waals surface area contributed by atoms with Crippen LogP contribution in [0.1, 0.15) is 32.1 Å². The first-order chi connectivity index (χ1) is 9.64. The summed E-state index contributed by atoms with van der Waals surface area (Å²) in [7, 11) is 1.50. The lowest BCUT2D eigenvalue weighted by molar-refractivity contribution is -0.117. The molecule has 3 rings (SSSR count). The van der Waals surface area contributed by atoms with Crippen LogP contribution < -0.4 is 10.1 Å². The van der Waals surface area contributed by atoms with Crippen LogP contribution in [0.25, 0.3) is 0 Å². The maximum atomic E-state index is 12.1. The molecule has 108 valence electrons. The van der Waals surface area contributed by atoms with Crippen LogP contribution in [0.2, 0.25) is 5.15 Å². The van der Waals surface area contributed by atoms with E-state index in [-0.39, 0.29) is 17.0 Å². The number of nitrogens with zero attached hydrogens (tertiary/aromatic N) is 2. The molecule has 6 heteroatoms. The zero-order valence-corrected chi connectivity index (χ0v) is 12.2. The molecule has 3 atom stereocenters. The Labute approximate surface area is 123 Å². The van der Waals surface area contributed by atoms with Crippen LogP contribution in [-0.4, -0.2) is 23.0 Å². The number of rotatable bonds is 4. The number of carbonyl (C=O) groups is 1. The Balaban J connectivity index is 1.60. The molecule has 2 aliphatic carbocycles. The van der Waals surface area contributed by atoms with Crippen LogP contribution in [-0.2, 0) is 4.79 Å². The number of nitrogens with one attached hydrogen (secondary N) is 1. The number of fused-ring (bicyclic) bond motifs is 2. The van der Waals surface area contributed by atoms with Crippen molar-refractivity contribution in [2.24, 2.45) is 17.8 Å². The molecule has 5 nitrogen and oxygen atoms in total. The molecule has 0 radical (unpaired) electrons. The molecule has 1 aromatic rings. The van der Waals surface area contributed by atoms with E-state index in [1.54, 1.807) is 0 Å². The fraction of sp³-hybridized carbons (Fsp3) is 0.643. The van der Waals surface area contributed by atoms with Crippen molar-refractivity contribution in [2.45, 2.75) is 32.1 Å². The molecule has 2 saturated carbocycles. The Morgan fingerprint density at radius 2 is 2.30 bits per heavy atom. The second kappa shape index (κ2) is 5.56. The summed E-state index contributed by atoms with van der Waals surface area (Å²) >= 11 is 5.85. The maximum absolute atomic E-state index is 12.1. The van der Waals surface area contributed by atoms with E-state index in [0.717, 1.165) is 11.8 Å². The van der Waals surface area contributed by atoms with Crippen molar-refractivity contribution in [3.8, 4) is 5.88 Å². The third kappa shape index (κ3) is 2.87. The molecule has 0 aromatic carbocycles. The Bertz CT molecular complexity index is 523. The molecule has 0 saturated heterocycles. The van der Waals surface area contributed by atoms with E-state index in [1.165, 1.54) is 38.9 Å². The van der Waals surface area contributed by atoms with E-state index in [0.29, 0.717) is 18.2 Å². The van der Waals surface area contributed by atoms with Crippen LogP contribution >= 0.6 is 11.6 Å². The maximum Gasteiger partial charge on any atom is 0.234 e. The lowest BCUT2D eigenvalue weighted by Crippen LogP contribution is -2.21. The normalized spacial score (nSPS) is 27.6. The van der Waals surface area contributed by atoms with Gasteiger partial charge in [-0.1, -0.05) is 18.0 Å². The largest absolute Gasteiger partial charge is 0.481 e. The van der Waals surface area contributed by atoms with Gasteiger partial charge in [-0.3, -0.25) is 10.1 Å². The minimum Gasteiger partial charge on any atom is -0.481 e. The molecule has 0 spiro atoms. The number of halogens is 1. The Kier molecular flexibility index (Phi) is 3.78. The number of hydrogen-bond acceptors (Lipinski definition) is 4. The highest BCUT2D eigenvalue weighted by atomic mass is 35.5. The van der Waals surface area contributed by atoms with E-state index < -0.39 is 0 Å². The van der Waals surface area contributed by atoms with Crippen LogP contribution in [0.3, 0.4) is 0 Å². The summed E-state index contributed by atoms with van der Waals surface area (Å²) in [5.41, 5.74) is 0. The van der Waals surface area contributed by atoms with Crippen molar-refractivity contribution in [3.63, 3.8) is 0 Å². The van der Waals surface area contributed by atoms with Gasteiger partial charge in [0.25, 0.3) is 0 Å². The van der Waals surface area contributed by atoms with Gasteiger partial charge in [-0.15, -0.1) is 0 Å². The summed E-state index contributed by atoms with van der Waals surface area (Å²) < 4.78 is 5.00. The predicted octanol–water partition coefficient (Wildman–Crippen LogP) is 2.90. The van der Waals surface area contributed by atoms with Gasteiger partial charge in [0.05, 0.1) is 7.11 Å². The number of anilines is 1. The average Bonchev–Trinajstić information content (AvgIpc) is 2.99. The monoisotopic (exact) mass is 295 g/mol. The van der Waals surface area contributed by atoms with Crippen molar-refractivity contribution in [1.82, 2.24) is 9.97 Å². The van der Waals surface area contributed by atoms with E-state index in [2.05, 4.69) is 15.3 Å². The molecule has 1 amide bonds. The van der Waals surface area contributed by atoms with Crippen molar-refractivity contribution in [2.75, 3.05) is 12.4 Å². The van der Waals surface area contributed by atoms with Gasteiger partial charge in [-0.05, 0) is 37.0 Å². The van der Waals surface area contributed by atoms with Gasteiger partial charge in [0, 0.05) is 12.5 Å². The SMILES string of the molecule is COc1cc(Cl)nc(NC(=O)CC2CC3CCC2C3)n1. The van der Waals surface area contributed by atoms with Crippen molar-refractivity contribution < 1.29 is 9.53 Å². The van der Waals surface area contributed by atoms with Gasteiger partial charge in [-0.2, -0.15) is 4.98 Å². The van der Waals surface area contributed by atoms with Gasteiger partial charge < -0.3 is 4.74 Å². The Hall–Kier alpha value is -1.36. The highest BCUT2D eigenvalue weighted by molar-refractivity contribution is 6.29. The highest BCUT2D eigenvalue weighted by Gasteiger charge is 2.40. The molecule has 2 aliphatic rings. The molecule has 2 bridgehead atoms. The topological polar surface area (TPSA) is 64.1 Å². The van der Waals surface area contributed by atoms with E-state index in [9.17, 15) is 4.79 Å². The lowest BCUT2D eigenvalue weighted by Gasteiger charge is -2.20. The van der Waals surface area contributed by atoms with Crippen LogP contribution in [0, 0.1) is 17.8 Å². The molecule has 0 aliphatic heterocycles. The molecular weight excluding hydrogens is 278 g/mol. The third-order valence-corrected chi connectivity index (χ3v) is 4.66. The number of aromatic nitrogens is 2. The second-order valence-corrected chi connectivity index (χ2v) is 6.13. The van der Waals surface area contributed by atoms with Crippen LogP contribution in [0.15, 0.2) is 6.07 Å². The molecule has 1 N–H and O–H groups in total. The molecule has 1 heterocycles. The Morgan fingerprint density at radius 1 is 1.45 bits per heavy atom. The van der Waals surface area contributed by atoms with Gasteiger partial charge in [0.2, 0.25) is 17.7 Å². The molecule has 3 unspecified atom stereocenters. The van der Waals surface area contributed by atoms with Crippen molar-refractivity contribution >= 4 is 23.5 Å². The van der Waals surface area contributed by atoms with Gasteiger partial charge in [-0.25, -0.2) is 4.98 Å². The quantitative estimate of drug-likeness (QED) is 0.868. The van der Waals surface area contributed by atoms with Gasteiger partial charge >= 0.3 is 0 Å². The first kappa shape index (κ1) is 13.6. The first-order valence-corrected chi connectivity index (χ1v) is 7.40. The number of amides is 1. The third-order valence-electron chi connectivity index (χ3n) is 4.46. The minimum absolute atomic E-state index is 0.0353. The van der Waals surface area contributed by atoms with Crippen molar-refractivity contribution in [3.05, 3.63) is 11.2 Å². The fourth-order valence-corrected chi connectivity index (χ4v) is 3.77. The predicted molar refractivity (Wildman–Crippen MR) is 75.8 cm³/mol. The zero-order chi connectivity index (χ0) is 14.1. The second-order valence-electron chi connectivity index (χ2n) is 5.74. The average molecular weight is 296 g/mol. The summed E-state index contributed by atoms with van der Waals surface area (Å²) in [6.45, 7) is 0. The Morgan fingerprint density at radius 3 is 2.95 bits per heavy atom. The zero-order valence-electron chi connectivity index (χ0n) is 11.4. The molecule has 20 heavy (non-hydrogen) atoms. The summed E-state index contributed by atoms with van der Waals surface area (Å²) in [6.07, 6.45) is 5.68. The summed E-state index contributed by atoms with van der Waals surface area (Å²) in [6, 6.07) is 1.51. The highest BCUT2D eigenvalue weighted by Crippen LogP contribution is 2.49. The summed E-state index contributed by atoms with van der Waals surface area (Å²) in [5.74, 6) is 2.63. The van der Waals surface area contributed by atoms with Crippen molar-refractivity contribution in [1.29, 1.82) is 0 Å². The fourth-order valence-electron chi connectivity index (χ4n) is 3.60. The number of ether oxygens (including phenoxy) is 1. The van der Waals surface area contributed by atoms with Crippen LogP contribution in [0.5, 0.6) is 5.88 Å². The standard InChI is InChI=1S/C14H18ClN3O2/c1-20-13-7-11(15)16-14(18-13)17-12(19)6-10-5-8-2-3-9(10)4-8/h7-10H,2-6H2,1H3,(H,16,17,18,19). The molecular formula is C14H18ClN3O2. The number of methoxy groups -OCH3 is 1. The van der Waals surface area contributed by atoms with E-state index in [4.69, 9.17) is 16.3 Å². The number of hydrogen-bond donors (Lipinski definition) is 1. The summed E-state index contributed by atoms with van der Waals surface area (Å²) in [5, 5.41) is 2.97. The first-order valence-electron chi connectivity index (χ1n) is 7.02. The minimum atomic E-state index is -0.0353. The van der Waals surface area contributed by atoms with Crippen LogP contribution in [0.4, 0.5) is 5.95 Å².